The number of rotatable bonds is 4. The average Bonchev–Trinajstić information content (AvgIpc) is 3.17. The second-order valence-electron chi connectivity index (χ2n) is 6.37. The number of carboxylic acid groups (broad SMARTS) is 1. The second-order valence-corrected chi connectivity index (χ2v) is 6.37. The van der Waals surface area contributed by atoms with E-state index in [0.717, 1.165) is 13.0 Å². The van der Waals surface area contributed by atoms with E-state index in [1.807, 2.05) is 0 Å². The molecule has 1 saturated carbocycles. The van der Waals surface area contributed by atoms with Gasteiger partial charge in [-0.3, -0.25) is 4.79 Å². The number of piperidine rings is 1. The summed E-state index contributed by atoms with van der Waals surface area (Å²) in [6, 6.07) is -0.0350. The molecular weight excluding hydrogens is 244 g/mol. The van der Waals surface area contributed by atoms with Gasteiger partial charge in [0.25, 0.3) is 0 Å². The fraction of sp³-hybridized carbons (Fsp3) is 0.857. The molecule has 2 aliphatic rings. The zero-order valence-electron chi connectivity index (χ0n) is 11.9. The second kappa shape index (κ2) is 5.02. The summed E-state index contributed by atoms with van der Waals surface area (Å²) in [7, 11) is 0. The molecule has 1 aliphatic carbocycles. The Morgan fingerprint density at radius 1 is 1.21 bits per heavy atom. The molecule has 5 heteroatoms. The van der Waals surface area contributed by atoms with Crippen LogP contribution in [0, 0.1) is 10.8 Å². The van der Waals surface area contributed by atoms with Gasteiger partial charge in [0.05, 0.1) is 5.41 Å². The lowest BCUT2D eigenvalue weighted by Gasteiger charge is -2.36. The molecule has 2 fully saturated rings. The Bertz CT molecular complexity index is 369. The molecule has 0 aromatic heterocycles. The van der Waals surface area contributed by atoms with Crippen molar-refractivity contribution >= 4 is 12.0 Å². The summed E-state index contributed by atoms with van der Waals surface area (Å²) in [4.78, 5) is 24.9. The third-order valence-corrected chi connectivity index (χ3v) is 4.99. The van der Waals surface area contributed by atoms with Crippen LogP contribution in [0.1, 0.15) is 46.0 Å². The number of amides is 2. The predicted octanol–water partition coefficient (Wildman–Crippen LogP) is 2.07. The molecule has 5 nitrogen and oxygen atoms in total. The quantitative estimate of drug-likeness (QED) is 0.820. The van der Waals surface area contributed by atoms with Gasteiger partial charge in [0.15, 0.2) is 0 Å². The lowest BCUT2D eigenvalue weighted by Crippen LogP contribution is -2.49. The van der Waals surface area contributed by atoms with E-state index in [1.165, 1.54) is 12.8 Å². The molecule has 0 aromatic rings. The van der Waals surface area contributed by atoms with Crippen LogP contribution in [0.2, 0.25) is 0 Å². The highest BCUT2D eigenvalue weighted by Gasteiger charge is 2.42. The maximum atomic E-state index is 12.0. The van der Waals surface area contributed by atoms with Crippen LogP contribution in [0.3, 0.4) is 0 Å². The van der Waals surface area contributed by atoms with Crippen LogP contribution in [0.25, 0.3) is 0 Å². The standard InChI is InChI=1S/C14H24N2O3/c1-3-14(4-5-14)10-15-12(19)16-8-6-13(2,7-9-16)11(17)18/h3-10H2,1-2H3,(H,15,19)(H,17,18). The van der Waals surface area contributed by atoms with Gasteiger partial charge in [-0.2, -0.15) is 0 Å². The van der Waals surface area contributed by atoms with Gasteiger partial charge in [0.1, 0.15) is 0 Å². The number of hydrogen-bond acceptors (Lipinski definition) is 2. The summed E-state index contributed by atoms with van der Waals surface area (Å²) >= 11 is 0. The van der Waals surface area contributed by atoms with Crippen LogP contribution < -0.4 is 5.32 Å². The van der Waals surface area contributed by atoms with Gasteiger partial charge < -0.3 is 15.3 Å². The molecule has 0 unspecified atom stereocenters. The molecule has 0 bridgehead atoms. The first-order chi connectivity index (χ1) is 8.91. The molecule has 108 valence electrons. The summed E-state index contributed by atoms with van der Waals surface area (Å²) in [6.07, 6.45) is 4.61. The lowest BCUT2D eigenvalue weighted by molar-refractivity contribution is -0.150. The van der Waals surface area contributed by atoms with Crippen LogP contribution in [-0.4, -0.2) is 41.6 Å². The van der Waals surface area contributed by atoms with Crippen LogP contribution in [0.5, 0.6) is 0 Å². The Morgan fingerprint density at radius 3 is 2.21 bits per heavy atom. The summed E-state index contributed by atoms with van der Waals surface area (Å²) in [5, 5.41) is 12.2. The van der Waals surface area contributed by atoms with Gasteiger partial charge in [0.2, 0.25) is 0 Å². The molecule has 1 heterocycles. The van der Waals surface area contributed by atoms with Gasteiger partial charge in [-0.25, -0.2) is 4.79 Å². The van der Waals surface area contributed by atoms with Crippen LogP contribution in [-0.2, 0) is 4.79 Å². The van der Waals surface area contributed by atoms with Crippen molar-refractivity contribution in [3.63, 3.8) is 0 Å². The smallest absolute Gasteiger partial charge is 0.317 e. The Balaban J connectivity index is 1.78. The number of carboxylic acids is 1. The van der Waals surface area contributed by atoms with E-state index >= 15 is 0 Å². The van der Waals surface area contributed by atoms with Gasteiger partial charge in [-0.05, 0) is 44.4 Å². The van der Waals surface area contributed by atoms with Crippen molar-refractivity contribution < 1.29 is 14.7 Å². The Labute approximate surface area is 114 Å². The number of nitrogens with zero attached hydrogens (tertiary/aromatic N) is 1. The van der Waals surface area contributed by atoms with Gasteiger partial charge in [-0.1, -0.05) is 6.92 Å². The first-order valence-electron chi connectivity index (χ1n) is 7.17. The Morgan fingerprint density at radius 2 is 1.79 bits per heavy atom. The third-order valence-electron chi connectivity index (χ3n) is 4.99. The fourth-order valence-electron chi connectivity index (χ4n) is 2.62. The number of hydrogen-bond donors (Lipinski definition) is 2. The van der Waals surface area contributed by atoms with E-state index in [9.17, 15) is 9.59 Å². The molecule has 0 aromatic carbocycles. The highest BCUT2D eigenvalue weighted by molar-refractivity contribution is 5.77. The number of likely N-dealkylation sites (tertiary alicyclic amines) is 1. The van der Waals surface area contributed by atoms with E-state index < -0.39 is 11.4 Å². The minimum Gasteiger partial charge on any atom is -0.481 e. The van der Waals surface area contributed by atoms with E-state index in [0.29, 0.717) is 31.3 Å². The van der Waals surface area contributed by atoms with Crippen molar-refractivity contribution in [1.82, 2.24) is 10.2 Å². The van der Waals surface area contributed by atoms with Crippen molar-refractivity contribution in [2.24, 2.45) is 10.8 Å². The number of carbonyl (C=O) groups excluding carboxylic acids is 1. The Kier molecular flexibility index (Phi) is 3.74. The minimum absolute atomic E-state index is 0.0350. The van der Waals surface area contributed by atoms with Crippen molar-refractivity contribution in [3.8, 4) is 0 Å². The summed E-state index contributed by atoms with van der Waals surface area (Å²) < 4.78 is 0. The van der Waals surface area contributed by atoms with Gasteiger partial charge in [0, 0.05) is 19.6 Å². The molecule has 2 N–H and O–H groups in total. The van der Waals surface area contributed by atoms with Crippen molar-refractivity contribution in [2.45, 2.75) is 46.0 Å². The molecule has 0 atom stereocenters. The number of carbonyl (C=O) groups is 2. The normalized spacial score (nSPS) is 23.8. The SMILES string of the molecule is CCC1(CNC(=O)N2CCC(C)(C(=O)O)CC2)CC1. The number of nitrogens with one attached hydrogen (secondary N) is 1. The van der Waals surface area contributed by atoms with Crippen molar-refractivity contribution in [2.75, 3.05) is 19.6 Å². The number of urea groups is 1. The topological polar surface area (TPSA) is 69.6 Å². The average molecular weight is 268 g/mol. The molecular formula is C14H24N2O3. The molecule has 0 spiro atoms. The monoisotopic (exact) mass is 268 g/mol. The zero-order chi connectivity index (χ0) is 14.1. The van der Waals surface area contributed by atoms with E-state index in [-0.39, 0.29) is 6.03 Å². The van der Waals surface area contributed by atoms with Gasteiger partial charge >= 0.3 is 12.0 Å². The lowest BCUT2D eigenvalue weighted by atomic mass is 9.80. The predicted molar refractivity (Wildman–Crippen MR) is 71.9 cm³/mol. The van der Waals surface area contributed by atoms with Gasteiger partial charge in [-0.15, -0.1) is 0 Å². The maximum Gasteiger partial charge on any atom is 0.317 e. The minimum atomic E-state index is -0.754. The highest BCUT2D eigenvalue weighted by Crippen LogP contribution is 2.47. The van der Waals surface area contributed by atoms with E-state index in [1.54, 1.807) is 11.8 Å². The first kappa shape index (κ1) is 14.2. The molecule has 0 radical (unpaired) electrons. The highest BCUT2D eigenvalue weighted by atomic mass is 16.4. The fourth-order valence-corrected chi connectivity index (χ4v) is 2.62. The van der Waals surface area contributed by atoms with E-state index in [2.05, 4.69) is 12.2 Å². The number of aliphatic carboxylic acids is 1. The summed E-state index contributed by atoms with van der Waals surface area (Å²) in [6.45, 7) is 5.76. The zero-order valence-corrected chi connectivity index (χ0v) is 11.9. The largest absolute Gasteiger partial charge is 0.481 e. The van der Waals surface area contributed by atoms with E-state index in [4.69, 9.17) is 5.11 Å². The van der Waals surface area contributed by atoms with Crippen LogP contribution in [0.4, 0.5) is 4.79 Å². The third kappa shape index (κ3) is 3.01. The molecule has 1 aliphatic heterocycles. The molecule has 2 amide bonds. The molecule has 19 heavy (non-hydrogen) atoms. The van der Waals surface area contributed by atoms with Crippen molar-refractivity contribution in [3.05, 3.63) is 0 Å². The molecule has 2 rings (SSSR count). The first-order valence-corrected chi connectivity index (χ1v) is 7.17. The summed E-state index contributed by atoms with van der Waals surface area (Å²) in [5.41, 5.74) is -0.320. The van der Waals surface area contributed by atoms with Crippen molar-refractivity contribution in [1.29, 1.82) is 0 Å². The Hall–Kier alpha value is -1.26. The molecule has 1 saturated heterocycles. The maximum absolute atomic E-state index is 12.0. The summed E-state index contributed by atoms with van der Waals surface area (Å²) in [5.74, 6) is -0.754. The van der Waals surface area contributed by atoms with Crippen LogP contribution in [0.15, 0.2) is 0 Å². The van der Waals surface area contributed by atoms with Crippen LogP contribution >= 0.6 is 0 Å².